The molecule has 7 heteroatoms. The lowest BCUT2D eigenvalue weighted by Crippen LogP contribution is -2.24. The highest BCUT2D eigenvalue weighted by Gasteiger charge is 2.06. The van der Waals surface area contributed by atoms with Crippen molar-refractivity contribution in [3.05, 3.63) is 53.1 Å². The molecule has 0 radical (unpaired) electrons. The van der Waals surface area contributed by atoms with Gasteiger partial charge in [0.2, 0.25) is 0 Å². The summed E-state index contributed by atoms with van der Waals surface area (Å²) >= 11 is 5.88. The Bertz CT molecular complexity index is 796. The Labute approximate surface area is 170 Å². The number of carbonyl (C=O) groups is 1. The Morgan fingerprint density at radius 3 is 2.54 bits per heavy atom. The van der Waals surface area contributed by atoms with Crippen LogP contribution >= 0.6 is 11.6 Å². The van der Waals surface area contributed by atoms with Crippen molar-refractivity contribution in [1.82, 2.24) is 5.43 Å². The van der Waals surface area contributed by atoms with E-state index in [0.29, 0.717) is 29.7 Å². The van der Waals surface area contributed by atoms with Gasteiger partial charge in [-0.3, -0.25) is 4.79 Å². The number of amides is 1. The highest BCUT2D eigenvalue weighted by Crippen LogP contribution is 2.24. The standard InChI is InChI=1S/C21H25ClN2O4/c1-3-10-26-19-9-8-16(20(13-19)27-11-4-2)14-23-24-21(25)15-28-18-7-5-6-17(22)12-18/h5-9,12-14H,3-4,10-11,15H2,1-2H3,(H,24,25). The number of hydrazone groups is 1. The van der Waals surface area contributed by atoms with Crippen LogP contribution in [0.1, 0.15) is 32.3 Å². The van der Waals surface area contributed by atoms with E-state index in [2.05, 4.69) is 10.5 Å². The first kappa shape index (κ1) is 21.6. The van der Waals surface area contributed by atoms with Gasteiger partial charge in [0, 0.05) is 16.7 Å². The average Bonchev–Trinajstić information content (AvgIpc) is 2.70. The quantitative estimate of drug-likeness (QED) is 0.444. The molecule has 2 aromatic carbocycles. The highest BCUT2D eigenvalue weighted by atomic mass is 35.5. The van der Waals surface area contributed by atoms with Crippen molar-refractivity contribution >= 4 is 23.7 Å². The molecule has 1 amide bonds. The molecule has 6 nitrogen and oxygen atoms in total. The molecule has 2 aromatic rings. The van der Waals surface area contributed by atoms with Crippen LogP contribution in [0.25, 0.3) is 0 Å². The summed E-state index contributed by atoms with van der Waals surface area (Å²) in [6.45, 7) is 5.14. The first-order chi connectivity index (χ1) is 13.6. The van der Waals surface area contributed by atoms with Crippen LogP contribution in [0, 0.1) is 0 Å². The van der Waals surface area contributed by atoms with E-state index in [1.807, 2.05) is 32.0 Å². The molecule has 0 aliphatic carbocycles. The number of hydrogen-bond acceptors (Lipinski definition) is 5. The van der Waals surface area contributed by atoms with Gasteiger partial charge in [-0.25, -0.2) is 5.43 Å². The molecular formula is C21H25ClN2O4. The van der Waals surface area contributed by atoms with Crippen molar-refractivity contribution in [3.8, 4) is 17.2 Å². The minimum atomic E-state index is -0.379. The third-order valence-corrected chi connectivity index (χ3v) is 3.71. The number of nitrogens with one attached hydrogen (secondary N) is 1. The van der Waals surface area contributed by atoms with Crippen molar-refractivity contribution in [2.45, 2.75) is 26.7 Å². The van der Waals surface area contributed by atoms with Gasteiger partial charge >= 0.3 is 0 Å². The fourth-order valence-electron chi connectivity index (χ4n) is 2.18. The summed E-state index contributed by atoms with van der Waals surface area (Å²) in [5, 5.41) is 4.52. The molecule has 0 aliphatic heterocycles. The van der Waals surface area contributed by atoms with Gasteiger partial charge in [-0.05, 0) is 43.2 Å². The van der Waals surface area contributed by atoms with Crippen LogP contribution in [0.2, 0.25) is 5.02 Å². The van der Waals surface area contributed by atoms with Gasteiger partial charge in [-0.1, -0.05) is 31.5 Å². The van der Waals surface area contributed by atoms with E-state index >= 15 is 0 Å². The summed E-state index contributed by atoms with van der Waals surface area (Å²) < 4.78 is 16.8. The highest BCUT2D eigenvalue weighted by molar-refractivity contribution is 6.30. The number of rotatable bonds is 11. The lowest BCUT2D eigenvalue weighted by molar-refractivity contribution is -0.123. The molecule has 1 N–H and O–H groups in total. The van der Waals surface area contributed by atoms with Gasteiger partial charge in [0.25, 0.3) is 5.91 Å². The van der Waals surface area contributed by atoms with Gasteiger partial charge in [-0.2, -0.15) is 5.10 Å². The summed E-state index contributed by atoms with van der Waals surface area (Å²) in [5.41, 5.74) is 3.18. The van der Waals surface area contributed by atoms with E-state index in [-0.39, 0.29) is 12.5 Å². The minimum Gasteiger partial charge on any atom is -0.493 e. The molecule has 28 heavy (non-hydrogen) atoms. The third kappa shape index (κ3) is 7.48. The fraction of sp³-hybridized carbons (Fsp3) is 0.333. The van der Waals surface area contributed by atoms with Gasteiger partial charge in [0.15, 0.2) is 6.61 Å². The number of halogens is 1. The first-order valence-electron chi connectivity index (χ1n) is 9.22. The van der Waals surface area contributed by atoms with E-state index in [4.69, 9.17) is 25.8 Å². The first-order valence-corrected chi connectivity index (χ1v) is 9.60. The van der Waals surface area contributed by atoms with Crippen molar-refractivity contribution < 1.29 is 19.0 Å². The monoisotopic (exact) mass is 404 g/mol. The second-order valence-electron chi connectivity index (χ2n) is 5.94. The average molecular weight is 405 g/mol. The molecule has 0 atom stereocenters. The Hall–Kier alpha value is -2.73. The van der Waals surface area contributed by atoms with Crippen LogP contribution in [0.4, 0.5) is 0 Å². The van der Waals surface area contributed by atoms with E-state index in [9.17, 15) is 4.79 Å². The normalized spacial score (nSPS) is 10.7. The summed E-state index contributed by atoms with van der Waals surface area (Å²) in [6, 6.07) is 12.4. The molecule has 0 saturated heterocycles. The molecule has 0 heterocycles. The zero-order chi connectivity index (χ0) is 20.2. The number of hydrogen-bond donors (Lipinski definition) is 1. The van der Waals surface area contributed by atoms with Gasteiger partial charge < -0.3 is 14.2 Å². The number of benzene rings is 2. The molecule has 0 aliphatic rings. The van der Waals surface area contributed by atoms with Crippen molar-refractivity contribution in [2.24, 2.45) is 5.10 Å². The zero-order valence-electron chi connectivity index (χ0n) is 16.1. The molecule has 150 valence electrons. The number of nitrogens with zero attached hydrogens (tertiary/aromatic N) is 1. The molecule has 0 bridgehead atoms. The lowest BCUT2D eigenvalue weighted by Gasteiger charge is -2.11. The molecule has 0 aromatic heterocycles. The van der Waals surface area contributed by atoms with Crippen LogP contribution in [0.5, 0.6) is 17.2 Å². The lowest BCUT2D eigenvalue weighted by atomic mass is 10.2. The fourth-order valence-corrected chi connectivity index (χ4v) is 2.36. The Balaban J connectivity index is 1.92. The number of ether oxygens (including phenoxy) is 3. The maximum absolute atomic E-state index is 11.9. The van der Waals surface area contributed by atoms with Gasteiger partial charge in [-0.15, -0.1) is 0 Å². The van der Waals surface area contributed by atoms with Gasteiger partial charge in [0.05, 0.1) is 19.4 Å². The smallest absolute Gasteiger partial charge is 0.277 e. The maximum Gasteiger partial charge on any atom is 0.277 e. The van der Waals surface area contributed by atoms with E-state index in [1.165, 1.54) is 6.21 Å². The molecule has 0 unspecified atom stereocenters. The Morgan fingerprint density at radius 2 is 1.79 bits per heavy atom. The van der Waals surface area contributed by atoms with Gasteiger partial charge in [0.1, 0.15) is 17.2 Å². The third-order valence-electron chi connectivity index (χ3n) is 3.48. The molecule has 0 spiro atoms. The summed E-state index contributed by atoms with van der Waals surface area (Å²) in [5.74, 6) is 1.53. The molecule has 0 saturated carbocycles. The SMILES string of the molecule is CCCOc1ccc(C=NNC(=O)COc2cccc(Cl)c2)c(OCCC)c1. The second kappa shape index (κ2) is 11.9. The van der Waals surface area contributed by atoms with Crippen LogP contribution in [-0.4, -0.2) is 31.9 Å². The van der Waals surface area contributed by atoms with E-state index in [0.717, 1.165) is 24.2 Å². The predicted molar refractivity (Wildman–Crippen MR) is 111 cm³/mol. The van der Waals surface area contributed by atoms with Crippen LogP contribution in [0.15, 0.2) is 47.6 Å². The zero-order valence-corrected chi connectivity index (χ0v) is 16.9. The largest absolute Gasteiger partial charge is 0.493 e. The maximum atomic E-state index is 11.9. The van der Waals surface area contributed by atoms with Crippen molar-refractivity contribution in [3.63, 3.8) is 0 Å². The van der Waals surface area contributed by atoms with E-state index in [1.54, 1.807) is 24.3 Å². The minimum absolute atomic E-state index is 0.166. The van der Waals surface area contributed by atoms with Crippen molar-refractivity contribution in [1.29, 1.82) is 0 Å². The predicted octanol–water partition coefficient (Wildman–Crippen LogP) is 4.45. The van der Waals surface area contributed by atoms with Crippen LogP contribution in [0.3, 0.4) is 0 Å². The second-order valence-corrected chi connectivity index (χ2v) is 6.37. The van der Waals surface area contributed by atoms with Crippen LogP contribution < -0.4 is 19.6 Å². The Morgan fingerprint density at radius 1 is 1.04 bits per heavy atom. The molecule has 0 fully saturated rings. The summed E-state index contributed by atoms with van der Waals surface area (Å²) in [4.78, 5) is 11.9. The number of carbonyl (C=O) groups excluding carboxylic acids is 1. The van der Waals surface area contributed by atoms with E-state index < -0.39 is 0 Å². The molecule has 2 rings (SSSR count). The summed E-state index contributed by atoms with van der Waals surface area (Å²) in [6.07, 6.45) is 3.34. The molecular weight excluding hydrogens is 380 g/mol. The summed E-state index contributed by atoms with van der Waals surface area (Å²) in [7, 11) is 0. The Kier molecular flexibility index (Phi) is 9.15. The van der Waals surface area contributed by atoms with Crippen LogP contribution in [-0.2, 0) is 4.79 Å². The van der Waals surface area contributed by atoms with Crippen molar-refractivity contribution in [2.75, 3.05) is 19.8 Å². The topological polar surface area (TPSA) is 69.2 Å².